The van der Waals surface area contributed by atoms with Gasteiger partial charge in [0.15, 0.2) is 0 Å². The van der Waals surface area contributed by atoms with E-state index in [1.807, 2.05) is 0 Å². The summed E-state index contributed by atoms with van der Waals surface area (Å²) < 4.78 is 0.958. The van der Waals surface area contributed by atoms with Crippen LogP contribution in [0.3, 0.4) is 0 Å². The SMILES string of the molecule is OC1(CI)C2CC3CC(C2)CC1C3. The van der Waals surface area contributed by atoms with Crippen LogP contribution in [0.1, 0.15) is 32.1 Å². The van der Waals surface area contributed by atoms with E-state index in [2.05, 4.69) is 22.6 Å². The summed E-state index contributed by atoms with van der Waals surface area (Å²) in [6.07, 6.45) is 6.78. The van der Waals surface area contributed by atoms with E-state index in [9.17, 15) is 5.11 Å². The maximum Gasteiger partial charge on any atom is 0.0793 e. The first-order valence-electron chi connectivity index (χ1n) is 5.50. The molecule has 0 saturated heterocycles. The zero-order chi connectivity index (χ0) is 9.05. The highest BCUT2D eigenvalue weighted by molar-refractivity contribution is 14.1. The Morgan fingerprint density at radius 3 is 1.85 bits per heavy atom. The van der Waals surface area contributed by atoms with Crippen molar-refractivity contribution in [1.29, 1.82) is 0 Å². The average molecular weight is 292 g/mol. The second-order valence-electron chi connectivity index (χ2n) is 5.43. The van der Waals surface area contributed by atoms with Crippen LogP contribution in [0.4, 0.5) is 0 Å². The van der Waals surface area contributed by atoms with Crippen LogP contribution >= 0.6 is 22.6 Å². The van der Waals surface area contributed by atoms with Gasteiger partial charge in [-0.1, -0.05) is 22.6 Å². The zero-order valence-corrected chi connectivity index (χ0v) is 10.0. The molecule has 0 unspecified atom stereocenters. The van der Waals surface area contributed by atoms with E-state index in [1.165, 1.54) is 32.1 Å². The topological polar surface area (TPSA) is 20.2 Å². The Hall–Kier alpha value is 0.690. The van der Waals surface area contributed by atoms with Crippen molar-refractivity contribution in [2.24, 2.45) is 23.7 Å². The van der Waals surface area contributed by atoms with Crippen molar-refractivity contribution in [2.75, 3.05) is 4.43 Å². The van der Waals surface area contributed by atoms with Gasteiger partial charge in [-0.3, -0.25) is 0 Å². The van der Waals surface area contributed by atoms with Crippen LogP contribution in [0.5, 0.6) is 0 Å². The molecule has 74 valence electrons. The fourth-order valence-electron chi connectivity index (χ4n) is 4.22. The second-order valence-corrected chi connectivity index (χ2v) is 6.19. The van der Waals surface area contributed by atoms with E-state index in [-0.39, 0.29) is 5.60 Å². The predicted molar refractivity (Wildman–Crippen MR) is 60.9 cm³/mol. The molecule has 1 nitrogen and oxygen atoms in total. The first-order chi connectivity index (χ1) is 6.22. The van der Waals surface area contributed by atoms with E-state index >= 15 is 0 Å². The molecule has 4 fully saturated rings. The quantitative estimate of drug-likeness (QED) is 0.582. The molecule has 0 amide bonds. The lowest BCUT2D eigenvalue weighted by Crippen LogP contribution is -2.58. The van der Waals surface area contributed by atoms with Gasteiger partial charge in [-0.15, -0.1) is 0 Å². The highest BCUT2D eigenvalue weighted by atomic mass is 127. The van der Waals surface area contributed by atoms with E-state index in [4.69, 9.17) is 0 Å². The Labute approximate surface area is 93.4 Å². The summed E-state index contributed by atoms with van der Waals surface area (Å²) in [6, 6.07) is 0. The summed E-state index contributed by atoms with van der Waals surface area (Å²) in [7, 11) is 0. The lowest BCUT2D eigenvalue weighted by Gasteiger charge is -2.58. The van der Waals surface area contributed by atoms with Gasteiger partial charge in [0.2, 0.25) is 0 Å². The first kappa shape index (κ1) is 8.96. The largest absolute Gasteiger partial charge is 0.389 e. The van der Waals surface area contributed by atoms with Gasteiger partial charge >= 0.3 is 0 Å². The van der Waals surface area contributed by atoms with Gasteiger partial charge in [0.05, 0.1) is 5.60 Å². The fourth-order valence-corrected chi connectivity index (χ4v) is 5.46. The molecule has 0 aromatic carbocycles. The molecule has 0 radical (unpaired) electrons. The standard InChI is InChI=1S/C11H17IO/c12-6-11(13)9-2-7-1-8(4-9)5-10(11)3-7/h7-10,13H,1-6H2. The maximum atomic E-state index is 10.6. The Balaban J connectivity index is 1.93. The Morgan fingerprint density at radius 2 is 1.46 bits per heavy atom. The molecule has 0 aliphatic heterocycles. The van der Waals surface area contributed by atoms with Crippen LogP contribution in [-0.2, 0) is 0 Å². The molecule has 13 heavy (non-hydrogen) atoms. The number of halogens is 1. The van der Waals surface area contributed by atoms with Gasteiger partial charge in [0, 0.05) is 4.43 Å². The van der Waals surface area contributed by atoms with Crippen LogP contribution in [0.25, 0.3) is 0 Å². The predicted octanol–water partition coefficient (Wildman–Crippen LogP) is 2.61. The number of rotatable bonds is 1. The average Bonchev–Trinajstić information content (AvgIpc) is 2.13. The third kappa shape index (κ3) is 1.14. The van der Waals surface area contributed by atoms with Gasteiger partial charge in [-0.25, -0.2) is 0 Å². The molecular formula is C11H17IO. The van der Waals surface area contributed by atoms with Gasteiger partial charge in [-0.05, 0) is 55.8 Å². The van der Waals surface area contributed by atoms with Crippen LogP contribution < -0.4 is 0 Å². The van der Waals surface area contributed by atoms with Gasteiger partial charge in [-0.2, -0.15) is 0 Å². The minimum atomic E-state index is -0.270. The maximum absolute atomic E-state index is 10.6. The van der Waals surface area contributed by atoms with Crippen LogP contribution in [0.2, 0.25) is 0 Å². The van der Waals surface area contributed by atoms with Crippen LogP contribution in [0.15, 0.2) is 0 Å². The third-order valence-electron chi connectivity index (χ3n) is 4.77. The molecule has 0 aromatic heterocycles. The fraction of sp³-hybridized carbons (Fsp3) is 1.00. The van der Waals surface area contributed by atoms with E-state index in [0.29, 0.717) is 11.8 Å². The van der Waals surface area contributed by atoms with Gasteiger partial charge < -0.3 is 5.11 Å². The number of aliphatic hydroxyl groups is 1. The lowest BCUT2D eigenvalue weighted by molar-refractivity contribution is -0.156. The van der Waals surface area contributed by atoms with E-state index in [0.717, 1.165) is 16.3 Å². The molecule has 4 aliphatic rings. The smallest absolute Gasteiger partial charge is 0.0793 e. The molecule has 0 spiro atoms. The van der Waals surface area contributed by atoms with Crippen molar-refractivity contribution in [1.82, 2.24) is 0 Å². The summed E-state index contributed by atoms with van der Waals surface area (Å²) >= 11 is 2.38. The van der Waals surface area contributed by atoms with Gasteiger partial charge in [0.25, 0.3) is 0 Å². The van der Waals surface area contributed by atoms with Crippen LogP contribution in [-0.4, -0.2) is 15.1 Å². The lowest BCUT2D eigenvalue weighted by atomic mass is 9.50. The van der Waals surface area contributed by atoms with E-state index < -0.39 is 0 Å². The highest BCUT2D eigenvalue weighted by Crippen LogP contribution is 2.58. The number of hydrogen-bond acceptors (Lipinski definition) is 1. The minimum Gasteiger partial charge on any atom is -0.389 e. The van der Waals surface area contributed by atoms with Crippen molar-refractivity contribution in [3.63, 3.8) is 0 Å². The molecule has 1 N–H and O–H groups in total. The summed E-state index contributed by atoms with van der Waals surface area (Å²) in [5.41, 5.74) is -0.270. The molecular weight excluding hydrogens is 275 g/mol. The Morgan fingerprint density at radius 1 is 1.00 bits per heavy atom. The highest BCUT2D eigenvalue weighted by Gasteiger charge is 2.55. The molecule has 0 heterocycles. The molecule has 0 atom stereocenters. The summed E-state index contributed by atoms with van der Waals surface area (Å²) in [5.74, 6) is 3.26. The van der Waals surface area contributed by atoms with Crippen molar-refractivity contribution < 1.29 is 5.11 Å². The monoisotopic (exact) mass is 292 g/mol. The summed E-state index contributed by atoms with van der Waals surface area (Å²) in [6.45, 7) is 0. The van der Waals surface area contributed by atoms with Gasteiger partial charge in [0.1, 0.15) is 0 Å². The normalized spacial score (nSPS) is 58.6. The van der Waals surface area contributed by atoms with Crippen molar-refractivity contribution in [3.8, 4) is 0 Å². The summed E-state index contributed by atoms with van der Waals surface area (Å²) in [4.78, 5) is 0. The summed E-state index contributed by atoms with van der Waals surface area (Å²) in [5, 5.41) is 10.6. The Bertz CT molecular complexity index is 198. The first-order valence-corrected chi connectivity index (χ1v) is 7.03. The molecule has 4 bridgehead atoms. The Kier molecular flexibility index (Phi) is 1.96. The van der Waals surface area contributed by atoms with Crippen molar-refractivity contribution in [2.45, 2.75) is 37.7 Å². The third-order valence-corrected chi connectivity index (χ3v) is 5.99. The number of alkyl halides is 1. The molecule has 4 aliphatic carbocycles. The van der Waals surface area contributed by atoms with Crippen LogP contribution in [0, 0.1) is 23.7 Å². The second kappa shape index (κ2) is 2.84. The zero-order valence-electron chi connectivity index (χ0n) is 7.88. The molecule has 0 aromatic rings. The molecule has 2 heteroatoms. The van der Waals surface area contributed by atoms with Crippen molar-refractivity contribution in [3.05, 3.63) is 0 Å². The molecule has 4 rings (SSSR count). The minimum absolute atomic E-state index is 0.270. The number of hydrogen-bond donors (Lipinski definition) is 1. The molecule has 4 saturated carbocycles. The van der Waals surface area contributed by atoms with Crippen molar-refractivity contribution >= 4 is 22.6 Å². The van der Waals surface area contributed by atoms with E-state index in [1.54, 1.807) is 0 Å².